The maximum atomic E-state index is 13.1. The first-order valence-electron chi connectivity index (χ1n) is 9.26. The molecule has 1 saturated heterocycles. The molecule has 9 nitrogen and oxygen atoms in total. The van der Waals surface area contributed by atoms with Crippen molar-refractivity contribution in [2.45, 2.75) is 11.8 Å². The van der Waals surface area contributed by atoms with Gasteiger partial charge in [0.05, 0.1) is 20.3 Å². The molecule has 2 amide bonds. The summed E-state index contributed by atoms with van der Waals surface area (Å²) in [6.07, 6.45) is 0. The zero-order chi connectivity index (χ0) is 21.7. The molecule has 3 rings (SSSR count). The molecule has 1 fully saturated rings. The summed E-state index contributed by atoms with van der Waals surface area (Å²) in [6, 6.07) is 10.9. The number of amides is 2. The molecule has 0 radical (unpaired) electrons. The molecule has 0 bridgehead atoms. The lowest BCUT2D eigenvalue weighted by Gasteiger charge is -2.26. The normalized spacial score (nSPS) is 14.7. The summed E-state index contributed by atoms with van der Waals surface area (Å²) in [5.41, 5.74) is 1.10. The predicted octanol–water partition coefficient (Wildman–Crippen LogP) is 1.93. The van der Waals surface area contributed by atoms with Crippen molar-refractivity contribution in [3.63, 3.8) is 0 Å². The first-order valence-corrected chi connectivity index (χ1v) is 10.7. The Kier molecular flexibility index (Phi) is 6.70. The van der Waals surface area contributed by atoms with E-state index in [4.69, 9.17) is 9.47 Å². The Labute approximate surface area is 175 Å². The first-order chi connectivity index (χ1) is 14.3. The van der Waals surface area contributed by atoms with Crippen LogP contribution < -0.4 is 15.4 Å². The number of carbonyl (C=O) groups is 2. The molecule has 30 heavy (non-hydrogen) atoms. The molecule has 2 N–H and O–H groups in total. The van der Waals surface area contributed by atoms with Crippen molar-refractivity contribution in [3.8, 4) is 5.75 Å². The largest absolute Gasteiger partial charge is 0.495 e. The SMILES string of the molecule is COc1ccc(NC(=O)c2cccc(NC(C)=O)c2)cc1S(=O)(=O)N1CCOCC1. The smallest absolute Gasteiger partial charge is 0.255 e. The first kappa shape index (κ1) is 21.8. The van der Waals surface area contributed by atoms with Crippen LogP contribution in [0.1, 0.15) is 17.3 Å². The Bertz CT molecular complexity index is 1050. The highest BCUT2D eigenvalue weighted by Gasteiger charge is 2.29. The number of sulfonamides is 1. The fourth-order valence-corrected chi connectivity index (χ4v) is 4.62. The summed E-state index contributed by atoms with van der Waals surface area (Å²) in [5, 5.41) is 5.30. The van der Waals surface area contributed by atoms with Gasteiger partial charge >= 0.3 is 0 Å². The van der Waals surface area contributed by atoms with Crippen LogP contribution in [0, 0.1) is 0 Å². The van der Waals surface area contributed by atoms with E-state index in [2.05, 4.69) is 10.6 Å². The van der Waals surface area contributed by atoms with Crippen LogP contribution in [0.25, 0.3) is 0 Å². The summed E-state index contributed by atoms with van der Waals surface area (Å²) < 4.78 is 37.9. The number of nitrogens with one attached hydrogen (secondary N) is 2. The summed E-state index contributed by atoms with van der Waals surface area (Å²) in [4.78, 5) is 23.8. The van der Waals surface area contributed by atoms with E-state index in [0.717, 1.165) is 0 Å². The van der Waals surface area contributed by atoms with Crippen LogP contribution in [-0.2, 0) is 19.6 Å². The van der Waals surface area contributed by atoms with Crippen LogP contribution >= 0.6 is 0 Å². The second kappa shape index (κ2) is 9.24. The van der Waals surface area contributed by atoms with E-state index in [1.807, 2.05) is 0 Å². The van der Waals surface area contributed by atoms with E-state index in [1.165, 1.54) is 36.5 Å². The highest BCUT2D eigenvalue weighted by molar-refractivity contribution is 7.89. The van der Waals surface area contributed by atoms with Crippen LogP contribution in [-0.4, -0.2) is 58.0 Å². The van der Waals surface area contributed by atoms with Crippen molar-refractivity contribution in [1.82, 2.24) is 4.31 Å². The van der Waals surface area contributed by atoms with Crippen LogP contribution in [0.15, 0.2) is 47.4 Å². The van der Waals surface area contributed by atoms with Crippen molar-refractivity contribution < 1.29 is 27.5 Å². The summed E-state index contributed by atoms with van der Waals surface area (Å²) in [5.74, 6) is -0.505. The number of hydrogen-bond donors (Lipinski definition) is 2. The lowest BCUT2D eigenvalue weighted by molar-refractivity contribution is -0.114. The number of benzene rings is 2. The van der Waals surface area contributed by atoms with Gasteiger partial charge in [0.1, 0.15) is 10.6 Å². The van der Waals surface area contributed by atoms with Gasteiger partial charge in [-0.2, -0.15) is 4.31 Å². The van der Waals surface area contributed by atoms with Gasteiger partial charge in [-0.1, -0.05) is 6.07 Å². The Morgan fingerprint density at radius 3 is 2.40 bits per heavy atom. The Hall–Kier alpha value is -2.95. The zero-order valence-corrected chi connectivity index (χ0v) is 17.5. The third-order valence-electron chi connectivity index (χ3n) is 4.45. The number of hydrogen-bond acceptors (Lipinski definition) is 6. The van der Waals surface area contributed by atoms with E-state index in [9.17, 15) is 18.0 Å². The molecule has 1 aliphatic heterocycles. The maximum Gasteiger partial charge on any atom is 0.255 e. The van der Waals surface area contributed by atoms with E-state index in [1.54, 1.807) is 24.3 Å². The number of rotatable bonds is 6. The minimum absolute atomic E-state index is 0.0308. The van der Waals surface area contributed by atoms with Crippen LogP contribution in [0.4, 0.5) is 11.4 Å². The molecule has 0 unspecified atom stereocenters. The number of carbonyl (C=O) groups excluding carboxylic acids is 2. The van der Waals surface area contributed by atoms with E-state index >= 15 is 0 Å². The van der Waals surface area contributed by atoms with E-state index in [-0.39, 0.29) is 29.6 Å². The summed E-state index contributed by atoms with van der Waals surface area (Å²) in [6.45, 7) is 2.52. The minimum Gasteiger partial charge on any atom is -0.495 e. The summed E-state index contributed by atoms with van der Waals surface area (Å²) >= 11 is 0. The van der Waals surface area contributed by atoms with Crippen molar-refractivity contribution in [2.24, 2.45) is 0 Å². The highest BCUT2D eigenvalue weighted by atomic mass is 32.2. The van der Waals surface area contributed by atoms with Crippen molar-refractivity contribution >= 4 is 33.2 Å². The molecule has 0 aliphatic carbocycles. The molecule has 1 aliphatic rings. The Morgan fingerprint density at radius 1 is 1.03 bits per heavy atom. The van der Waals surface area contributed by atoms with Crippen molar-refractivity contribution in [1.29, 1.82) is 0 Å². The molecule has 1 heterocycles. The second-order valence-electron chi connectivity index (χ2n) is 6.60. The number of ether oxygens (including phenoxy) is 2. The van der Waals surface area contributed by atoms with Gasteiger partial charge in [-0.15, -0.1) is 0 Å². The zero-order valence-electron chi connectivity index (χ0n) is 16.7. The number of anilines is 2. The van der Waals surface area contributed by atoms with Gasteiger partial charge in [-0.3, -0.25) is 9.59 Å². The van der Waals surface area contributed by atoms with E-state index < -0.39 is 15.9 Å². The standard InChI is InChI=1S/C20H23N3O6S/c1-14(24)21-16-5-3-4-15(12-16)20(25)22-17-6-7-18(28-2)19(13-17)30(26,27)23-8-10-29-11-9-23/h3-7,12-13H,8-11H2,1-2H3,(H,21,24)(H,22,25). The Balaban J connectivity index is 1.86. The fourth-order valence-electron chi connectivity index (χ4n) is 3.03. The van der Waals surface area contributed by atoms with Gasteiger partial charge in [-0.05, 0) is 36.4 Å². The molecule has 10 heteroatoms. The third kappa shape index (κ3) is 4.96. The number of nitrogens with zero attached hydrogens (tertiary/aromatic N) is 1. The van der Waals surface area contributed by atoms with Gasteiger partial charge < -0.3 is 20.1 Å². The van der Waals surface area contributed by atoms with Gasteiger partial charge in [-0.25, -0.2) is 8.42 Å². The molecule has 0 saturated carbocycles. The van der Waals surface area contributed by atoms with E-state index in [0.29, 0.717) is 30.2 Å². The van der Waals surface area contributed by atoms with Crippen LogP contribution in [0.5, 0.6) is 5.75 Å². The molecule has 0 aromatic heterocycles. The number of morpholine rings is 1. The monoisotopic (exact) mass is 433 g/mol. The maximum absolute atomic E-state index is 13.1. The third-order valence-corrected chi connectivity index (χ3v) is 6.37. The molecule has 160 valence electrons. The minimum atomic E-state index is -3.82. The lowest BCUT2D eigenvalue weighted by Crippen LogP contribution is -2.40. The lowest BCUT2D eigenvalue weighted by atomic mass is 10.2. The molecule has 2 aromatic rings. The van der Waals surface area contributed by atoms with Crippen molar-refractivity contribution in [3.05, 3.63) is 48.0 Å². The average Bonchev–Trinajstić information content (AvgIpc) is 2.74. The van der Waals surface area contributed by atoms with Gasteiger partial charge in [0.25, 0.3) is 5.91 Å². The van der Waals surface area contributed by atoms with Crippen molar-refractivity contribution in [2.75, 3.05) is 44.0 Å². The predicted molar refractivity (Wildman–Crippen MR) is 111 cm³/mol. The molecule has 0 spiro atoms. The number of methoxy groups -OCH3 is 1. The molecule has 0 atom stereocenters. The van der Waals surface area contributed by atoms with Gasteiger partial charge in [0, 0.05) is 37.0 Å². The fraction of sp³-hybridized carbons (Fsp3) is 0.300. The molecular formula is C20H23N3O6S. The highest BCUT2D eigenvalue weighted by Crippen LogP contribution is 2.30. The summed E-state index contributed by atoms with van der Waals surface area (Å²) in [7, 11) is -2.43. The average molecular weight is 433 g/mol. The second-order valence-corrected chi connectivity index (χ2v) is 8.50. The quantitative estimate of drug-likeness (QED) is 0.720. The Morgan fingerprint density at radius 2 is 1.73 bits per heavy atom. The topological polar surface area (TPSA) is 114 Å². The van der Waals surface area contributed by atoms with Gasteiger partial charge in [0.15, 0.2) is 0 Å². The van der Waals surface area contributed by atoms with Crippen LogP contribution in [0.2, 0.25) is 0 Å². The van der Waals surface area contributed by atoms with Crippen LogP contribution in [0.3, 0.4) is 0 Å². The van der Waals surface area contributed by atoms with Gasteiger partial charge in [0.2, 0.25) is 15.9 Å². The molecular weight excluding hydrogens is 410 g/mol. The molecule has 2 aromatic carbocycles.